The smallest absolute Gasteiger partial charge is 0.224 e. The van der Waals surface area contributed by atoms with Gasteiger partial charge in [-0.05, 0) is 0 Å². The quantitative estimate of drug-likeness (QED) is 0.611. The topological polar surface area (TPSA) is 101 Å². The highest BCUT2D eigenvalue weighted by molar-refractivity contribution is 5.56. The Morgan fingerprint density at radius 2 is 1.62 bits per heavy atom. The summed E-state index contributed by atoms with van der Waals surface area (Å²) in [7, 11) is 4.59. The van der Waals surface area contributed by atoms with Gasteiger partial charge in [0.25, 0.3) is 0 Å². The third-order valence-electron chi connectivity index (χ3n) is 2.65. The van der Waals surface area contributed by atoms with E-state index in [9.17, 15) is 0 Å². The number of aromatic nitrogens is 2. The standard InChI is InChI=1S/C13H16N4O4/c1-18-9-4-8(5-10(19-2)13(9)20-3)21-12-6-11(17-14)15-7-16-12/h4-7H,14H2,1-3H3,(H,15,16,17). The van der Waals surface area contributed by atoms with Crippen LogP contribution in [0.3, 0.4) is 0 Å². The zero-order chi connectivity index (χ0) is 15.2. The van der Waals surface area contributed by atoms with Crippen molar-refractivity contribution >= 4 is 5.82 Å². The van der Waals surface area contributed by atoms with E-state index in [2.05, 4.69) is 15.4 Å². The molecule has 0 amide bonds. The Balaban J connectivity index is 2.35. The molecule has 1 aromatic heterocycles. The number of nitrogens with zero attached hydrogens (tertiary/aromatic N) is 2. The van der Waals surface area contributed by atoms with Gasteiger partial charge in [-0.25, -0.2) is 15.8 Å². The Kier molecular flexibility index (Phi) is 4.62. The van der Waals surface area contributed by atoms with Crippen LogP contribution in [0.4, 0.5) is 5.82 Å². The molecule has 0 atom stereocenters. The van der Waals surface area contributed by atoms with E-state index in [1.807, 2.05) is 0 Å². The number of nitrogens with two attached hydrogens (primary N) is 1. The Bertz CT molecular complexity index is 596. The van der Waals surface area contributed by atoms with Crippen LogP contribution in [-0.2, 0) is 0 Å². The van der Waals surface area contributed by atoms with Crippen molar-refractivity contribution < 1.29 is 18.9 Å². The van der Waals surface area contributed by atoms with Crippen molar-refractivity contribution in [2.45, 2.75) is 0 Å². The first-order valence-electron chi connectivity index (χ1n) is 5.98. The molecule has 0 spiro atoms. The van der Waals surface area contributed by atoms with E-state index in [0.717, 1.165) is 0 Å². The Hall–Kier alpha value is -2.74. The molecule has 0 saturated heterocycles. The summed E-state index contributed by atoms with van der Waals surface area (Å²) in [6.45, 7) is 0. The second-order valence-electron chi connectivity index (χ2n) is 3.85. The molecule has 0 fully saturated rings. The molecule has 8 heteroatoms. The first-order chi connectivity index (χ1) is 10.2. The number of nitrogen functional groups attached to an aromatic ring is 1. The number of rotatable bonds is 6. The second kappa shape index (κ2) is 6.62. The molecule has 0 unspecified atom stereocenters. The molecule has 8 nitrogen and oxygen atoms in total. The summed E-state index contributed by atoms with van der Waals surface area (Å²) in [5.41, 5.74) is 2.42. The summed E-state index contributed by atoms with van der Waals surface area (Å²) in [4.78, 5) is 7.89. The monoisotopic (exact) mass is 292 g/mol. The van der Waals surface area contributed by atoms with E-state index in [0.29, 0.717) is 34.7 Å². The third kappa shape index (κ3) is 3.23. The summed E-state index contributed by atoms with van der Waals surface area (Å²) in [6, 6.07) is 4.89. The van der Waals surface area contributed by atoms with Crippen LogP contribution in [0.2, 0.25) is 0 Å². The van der Waals surface area contributed by atoms with Gasteiger partial charge in [0.1, 0.15) is 17.9 Å². The highest BCUT2D eigenvalue weighted by Gasteiger charge is 2.14. The number of benzene rings is 1. The number of nitrogens with one attached hydrogen (secondary N) is 1. The van der Waals surface area contributed by atoms with E-state index >= 15 is 0 Å². The van der Waals surface area contributed by atoms with Crippen LogP contribution < -0.4 is 30.2 Å². The van der Waals surface area contributed by atoms with E-state index in [-0.39, 0.29) is 0 Å². The van der Waals surface area contributed by atoms with Crippen LogP contribution in [0.25, 0.3) is 0 Å². The van der Waals surface area contributed by atoms with E-state index < -0.39 is 0 Å². The lowest BCUT2D eigenvalue weighted by atomic mass is 10.2. The fraction of sp³-hybridized carbons (Fsp3) is 0.231. The van der Waals surface area contributed by atoms with Gasteiger partial charge in [0.05, 0.1) is 21.3 Å². The lowest BCUT2D eigenvalue weighted by Crippen LogP contribution is -2.08. The van der Waals surface area contributed by atoms with Gasteiger partial charge in [0.15, 0.2) is 11.5 Å². The maximum Gasteiger partial charge on any atom is 0.224 e. The number of hydrogen-bond acceptors (Lipinski definition) is 8. The molecular formula is C13H16N4O4. The van der Waals surface area contributed by atoms with Crippen LogP contribution in [0.1, 0.15) is 0 Å². The molecule has 0 aliphatic carbocycles. The lowest BCUT2D eigenvalue weighted by molar-refractivity contribution is 0.320. The van der Waals surface area contributed by atoms with Gasteiger partial charge in [-0.1, -0.05) is 0 Å². The maximum absolute atomic E-state index is 5.64. The van der Waals surface area contributed by atoms with Crippen molar-refractivity contribution in [1.82, 2.24) is 9.97 Å². The second-order valence-corrected chi connectivity index (χ2v) is 3.85. The fourth-order valence-electron chi connectivity index (χ4n) is 1.71. The molecule has 0 radical (unpaired) electrons. The predicted molar refractivity (Wildman–Crippen MR) is 76.0 cm³/mol. The molecule has 21 heavy (non-hydrogen) atoms. The Morgan fingerprint density at radius 1 is 0.952 bits per heavy atom. The molecular weight excluding hydrogens is 276 g/mol. The SMILES string of the molecule is COc1cc(Oc2cc(NN)ncn2)cc(OC)c1OC. The van der Waals surface area contributed by atoms with Crippen LogP contribution in [-0.4, -0.2) is 31.3 Å². The largest absolute Gasteiger partial charge is 0.493 e. The summed E-state index contributed by atoms with van der Waals surface area (Å²) >= 11 is 0. The number of hydrazine groups is 1. The molecule has 112 valence electrons. The first kappa shape index (κ1) is 14.7. The summed E-state index contributed by atoms with van der Waals surface area (Å²) in [6.07, 6.45) is 1.34. The number of anilines is 1. The molecule has 2 rings (SSSR count). The minimum absolute atomic E-state index is 0.326. The predicted octanol–water partition coefficient (Wildman–Crippen LogP) is 1.58. The minimum atomic E-state index is 0.326. The third-order valence-corrected chi connectivity index (χ3v) is 2.65. The molecule has 2 aromatic rings. The molecule has 1 heterocycles. The van der Waals surface area contributed by atoms with Gasteiger partial charge in [0.2, 0.25) is 11.6 Å². The van der Waals surface area contributed by atoms with Crippen LogP contribution in [0.15, 0.2) is 24.5 Å². The van der Waals surface area contributed by atoms with Crippen molar-refractivity contribution in [3.63, 3.8) is 0 Å². The van der Waals surface area contributed by atoms with Crippen molar-refractivity contribution in [3.8, 4) is 28.9 Å². The van der Waals surface area contributed by atoms with Crippen LogP contribution >= 0.6 is 0 Å². The van der Waals surface area contributed by atoms with E-state index in [1.165, 1.54) is 27.7 Å². The van der Waals surface area contributed by atoms with Gasteiger partial charge in [-0.2, -0.15) is 0 Å². The summed E-state index contributed by atoms with van der Waals surface area (Å²) < 4.78 is 21.4. The normalized spacial score (nSPS) is 9.90. The molecule has 0 aliphatic rings. The van der Waals surface area contributed by atoms with Gasteiger partial charge >= 0.3 is 0 Å². The van der Waals surface area contributed by atoms with E-state index in [4.69, 9.17) is 24.8 Å². The summed E-state index contributed by atoms with van der Waals surface area (Å²) in [5.74, 6) is 7.98. The summed E-state index contributed by atoms with van der Waals surface area (Å²) in [5, 5.41) is 0. The first-order valence-corrected chi connectivity index (χ1v) is 5.98. The van der Waals surface area contributed by atoms with Crippen molar-refractivity contribution in [2.24, 2.45) is 5.84 Å². The highest BCUT2D eigenvalue weighted by atomic mass is 16.5. The highest BCUT2D eigenvalue weighted by Crippen LogP contribution is 2.41. The van der Waals surface area contributed by atoms with Crippen LogP contribution in [0.5, 0.6) is 28.9 Å². The number of hydrogen-bond donors (Lipinski definition) is 2. The van der Waals surface area contributed by atoms with Gasteiger partial charge in [0, 0.05) is 18.2 Å². The Labute approximate surface area is 121 Å². The van der Waals surface area contributed by atoms with Gasteiger partial charge in [-0.15, -0.1) is 0 Å². The fourth-order valence-corrected chi connectivity index (χ4v) is 1.71. The van der Waals surface area contributed by atoms with Gasteiger partial charge < -0.3 is 24.4 Å². The van der Waals surface area contributed by atoms with E-state index in [1.54, 1.807) is 18.2 Å². The molecule has 3 N–H and O–H groups in total. The van der Waals surface area contributed by atoms with Gasteiger partial charge in [-0.3, -0.25) is 0 Å². The molecule has 0 bridgehead atoms. The average Bonchev–Trinajstić information content (AvgIpc) is 2.53. The van der Waals surface area contributed by atoms with Crippen molar-refractivity contribution in [3.05, 3.63) is 24.5 Å². The van der Waals surface area contributed by atoms with Crippen molar-refractivity contribution in [1.29, 1.82) is 0 Å². The average molecular weight is 292 g/mol. The van der Waals surface area contributed by atoms with Crippen molar-refractivity contribution in [2.75, 3.05) is 26.8 Å². The Morgan fingerprint density at radius 3 is 2.14 bits per heavy atom. The zero-order valence-corrected chi connectivity index (χ0v) is 11.9. The molecule has 0 aliphatic heterocycles. The maximum atomic E-state index is 5.64. The number of methoxy groups -OCH3 is 3. The minimum Gasteiger partial charge on any atom is -0.493 e. The van der Waals surface area contributed by atoms with Crippen LogP contribution in [0, 0.1) is 0 Å². The molecule has 1 aromatic carbocycles. The number of ether oxygens (including phenoxy) is 4. The lowest BCUT2D eigenvalue weighted by Gasteiger charge is -2.14. The zero-order valence-electron chi connectivity index (χ0n) is 11.9. The molecule has 0 saturated carbocycles.